The normalized spacial score (nSPS) is 7.83. The first-order valence-electron chi connectivity index (χ1n) is 3.17. The fourth-order valence-corrected chi connectivity index (χ4v) is 0.714. The van der Waals surface area contributed by atoms with E-state index < -0.39 is 36.4 Å². The van der Waals surface area contributed by atoms with Crippen LogP contribution in [0.5, 0.6) is 0 Å². The topological polar surface area (TPSA) is 258 Å². The second-order valence-electron chi connectivity index (χ2n) is 2.48. The first-order valence-corrected chi connectivity index (χ1v) is 3.17. The molecular formula is C6H17NaO11. The molecule has 0 atom stereocenters. The molecule has 0 saturated carbocycles. The van der Waals surface area contributed by atoms with Crippen LogP contribution in [-0.2, 0) is 14.4 Å². The molecule has 0 saturated heterocycles. The molecule has 0 aromatic carbocycles. The Morgan fingerprint density at radius 2 is 1.00 bits per heavy atom. The molecule has 0 aromatic heterocycles. The first kappa shape index (κ1) is 36.0. The predicted molar refractivity (Wildman–Crippen MR) is 58.7 cm³/mol. The van der Waals surface area contributed by atoms with Crippen molar-refractivity contribution < 1.29 is 56.7 Å². The third kappa shape index (κ3) is 13.3. The Balaban J connectivity index is -0.0000000720. The number of aliphatic carboxylic acids is 3. The number of hydrogen-bond acceptors (Lipinski definition) is 4. The van der Waals surface area contributed by atoms with Gasteiger partial charge in [0, 0.05) is 0 Å². The maximum absolute atomic E-state index is 10.3. The molecule has 18 heavy (non-hydrogen) atoms. The summed E-state index contributed by atoms with van der Waals surface area (Å²) in [4.78, 5) is 30.5. The van der Waals surface area contributed by atoms with Crippen LogP contribution in [0.25, 0.3) is 0 Å². The third-order valence-corrected chi connectivity index (χ3v) is 1.29. The number of rotatable bonds is 5. The molecule has 108 valence electrons. The van der Waals surface area contributed by atoms with Crippen molar-refractivity contribution in [1.82, 2.24) is 0 Å². The summed E-state index contributed by atoms with van der Waals surface area (Å²) in [5.74, 6) is -5.02. The summed E-state index contributed by atoms with van der Waals surface area (Å²) in [6.07, 6.45) is -2.29. The van der Waals surface area contributed by atoms with Crippen LogP contribution in [0, 0.1) is 0 Å². The quantitative estimate of drug-likeness (QED) is 0.356. The van der Waals surface area contributed by atoms with Crippen molar-refractivity contribution in [1.29, 1.82) is 0 Å². The minimum atomic E-state index is -2.74. The summed E-state index contributed by atoms with van der Waals surface area (Å²) in [6.45, 7) is 0. The van der Waals surface area contributed by atoms with Gasteiger partial charge in [-0.2, -0.15) is 0 Å². The third-order valence-electron chi connectivity index (χ3n) is 1.29. The molecule has 11 nitrogen and oxygen atoms in total. The van der Waals surface area contributed by atoms with E-state index in [1.807, 2.05) is 0 Å². The van der Waals surface area contributed by atoms with Crippen molar-refractivity contribution in [3.05, 3.63) is 0 Å². The van der Waals surface area contributed by atoms with E-state index >= 15 is 0 Å². The van der Waals surface area contributed by atoms with Gasteiger partial charge in [-0.1, -0.05) is 0 Å². The van der Waals surface area contributed by atoms with Gasteiger partial charge >= 0.3 is 47.5 Å². The average molecular weight is 288 g/mol. The van der Waals surface area contributed by atoms with Gasteiger partial charge in [-0.05, 0) is 0 Å². The van der Waals surface area contributed by atoms with Gasteiger partial charge in [0.15, 0.2) is 5.60 Å². The van der Waals surface area contributed by atoms with E-state index in [2.05, 4.69) is 0 Å². The minimum absolute atomic E-state index is 0. The molecule has 0 fully saturated rings. The van der Waals surface area contributed by atoms with Crippen LogP contribution in [0.2, 0.25) is 0 Å². The van der Waals surface area contributed by atoms with Crippen molar-refractivity contribution in [2.24, 2.45) is 0 Å². The van der Waals surface area contributed by atoms with Gasteiger partial charge in [-0.15, -0.1) is 0 Å². The zero-order valence-corrected chi connectivity index (χ0v) is 8.43. The predicted octanol–water partition coefficient (Wildman–Crippen LogP) is -5.20. The van der Waals surface area contributed by atoms with Crippen molar-refractivity contribution in [2.75, 3.05) is 0 Å². The molecule has 0 spiro atoms. The Morgan fingerprint density at radius 3 is 1.11 bits per heavy atom. The Bertz CT molecular complexity index is 236. The number of carboxylic acid groups (broad SMARTS) is 3. The molecule has 12 heteroatoms. The van der Waals surface area contributed by atoms with Crippen LogP contribution >= 0.6 is 0 Å². The van der Waals surface area contributed by atoms with Crippen LogP contribution in [-0.4, -0.2) is 95.4 Å². The molecule has 12 N–H and O–H groups in total. The molecule has 0 aliphatic carbocycles. The van der Waals surface area contributed by atoms with E-state index in [-0.39, 0.29) is 51.5 Å². The molecule has 0 unspecified atom stereocenters. The van der Waals surface area contributed by atoms with Crippen LogP contribution in [0.1, 0.15) is 12.8 Å². The monoisotopic (exact) mass is 288 g/mol. The van der Waals surface area contributed by atoms with Gasteiger partial charge < -0.3 is 42.3 Å². The molecule has 0 aromatic rings. The van der Waals surface area contributed by atoms with Crippen molar-refractivity contribution in [3.8, 4) is 0 Å². The standard InChI is InChI=1S/C6H8O7.Na.4H2O.H/c7-3(8)1-6(13,5(11)12)2-4(9)10;;;;;;/h13H,1-2H2,(H,7,8)(H,9,10)(H,11,12);;4*1H2;. The summed E-state index contributed by atoms with van der Waals surface area (Å²) in [6, 6.07) is 0. The average Bonchev–Trinajstić information content (AvgIpc) is 1.82. The summed E-state index contributed by atoms with van der Waals surface area (Å²) in [5.41, 5.74) is -2.74. The summed E-state index contributed by atoms with van der Waals surface area (Å²) in [5, 5.41) is 33.8. The van der Waals surface area contributed by atoms with Crippen LogP contribution in [0.3, 0.4) is 0 Å². The number of carboxylic acids is 3. The molecule has 0 aliphatic heterocycles. The summed E-state index contributed by atoms with van der Waals surface area (Å²) < 4.78 is 0. The van der Waals surface area contributed by atoms with Crippen molar-refractivity contribution in [2.45, 2.75) is 18.4 Å². The Labute approximate surface area is 123 Å². The zero-order chi connectivity index (χ0) is 10.6. The van der Waals surface area contributed by atoms with Gasteiger partial charge in [-0.25, -0.2) is 4.79 Å². The van der Waals surface area contributed by atoms with Gasteiger partial charge in [0.05, 0.1) is 12.8 Å². The van der Waals surface area contributed by atoms with Gasteiger partial charge in [0.25, 0.3) is 0 Å². The molecule has 0 heterocycles. The molecule has 0 aliphatic rings. The number of aliphatic hydroxyl groups is 1. The maximum atomic E-state index is 10.3. The van der Waals surface area contributed by atoms with E-state index in [0.29, 0.717) is 0 Å². The van der Waals surface area contributed by atoms with Crippen LogP contribution < -0.4 is 0 Å². The number of hydrogen-bond donors (Lipinski definition) is 4. The second-order valence-corrected chi connectivity index (χ2v) is 2.48. The summed E-state index contributed by atoms with van der Waals surface area (Å²) >= 11 is 0. The molecule has 0 rings (SSSR count). The van der Waals surface area contributed by atoms with E-state index in [4.69, 9.17) is 20.4 Å². The fraction of sp³-hybridized carbons (Fsp3) is 0.500. The molecule has 0 amide bonds. The van der Waals surface area contributed by atoms with E-state index in [0.717, 1.165) is 0 Å². The van der Waals surface area contributed by atoms with Gasteiger partial charge in [-0.3, -0.25) is 9.59 Å². The van der Waals surface area contributed by atoms with E-state index in [1.54, 1.807) is 0 Å². The first-order chi connectivity index (χ1) is 5.78. The van der Waals surface area contributed by atoms with Gasteiger partial charge in [0.1, 0.15) is 0 Å². The molecular weight excluding hydrogens is 271 g/mol. The summed E-state index contributed by atoms with van der Waals surface area (Å²) in [7, 11) is 0. The van der Waals surface area contributed by atoms with Crippen molar-refractivity contribution in [3.63, 3.8) is 0 Å². The second kappa shape index (κ2) is 14.3. The van der Waals surface area contributed by atoms with Crippen molar-refractivity contribution >= 4 is 47.5 Å². The molecule has 0 bridgehead atoms. The van der Waals surface area contributed by atoms with Gasteiger partial charge in [0.2, 0.25) is 0 Å². The Kier molecular flexibility index (Phi) is 28.5. The zero-order valence-electron chi connectivity index (χ0n) is 8.43. The number of carbonyl (C=O) groups is 3. The van der Waals surface area contributed by atoms with Crippen LogP contribution in [0.15, 0.2) is 0 Å². The SMILES string of the molecule is O.O.O.O.O=C(O)CC(O)(CC(=O)O)C(=O)O.[NaH]. The van der Waals surface area contributed by atoms with Crippen LogP contribution in [0.4, 0.5) is 0 Å². The Hall–Kier alpha value is -0.790. The van der Waals surface area contributed by atoms with E-state index in [9.17, 15) is 14.4 Å². The molecule has 0 radical (unpaired) electrons. The Morgan fingerprint density at radius 1 is 0.778 bits per heavy atom. The van der Waals surface area contributed by atoms with E-state index in [1.165, 1.54) is 0 Å². The fourth-order valence-electron chi connectivity index (χ4n) is 0.714.